The third kappa shape index (κ3) is 2.14. The van der Waals surface area contributed by atoms with E-state index in [4.69, 9.17) is 4.74 Å². The fourth-order valence-corrected chi connectivity index (χ4v) is 1.27. The van der Waals surface area contributed by atoms with Crippen LogP contribution in [0.25, 0.3) is 0 Å². The first-order valence-electron chi connectivity index (χ1n) is 4.54. The predicted molar refractivity (Wildman–Crippen MR) is 56.7 cm³/mol. The van der Waals surface area contributed by atoms with Gasteiger partial charge in [-0.3, -0.25) is 0 Å². The molecule has 0 bridgehead atoms. The zero-order valence-corrected chi connectivity index (χ0v) is 8.79. The van der Waals surface area contributed by atoms with Crippen molar-refractivity contribution in [1.29, 1.82) is 0 Å². The van der Waals surface area contributed by atoms with Crippen LogP contribution in [0, 0.1) is 6.92 Å². The number of hydrogen-bond donors (Lipinski definition) is 0. The SMILES string of the molecule is CCN(C)c1cc(C)ccc1OC. The van der Waals surface area contributed by atoms with Gasteiger partial charge in [0.25, 0.3) is 0 Å². The standard InChI is InChI=1S/C11H17NO/c1-5-12(3)10-8-9(2)6-7-11(10)13-4/h6-8H,5H2,1-4H3. The molecule has 2 heteroatoms. The maximum Gasteiger partial charge on any atom is 0.142 e. The quantitative estimate of drug-likeness (QED) is 0.706. The van der Waals surface area contributed by atoms with E-state index in [2.05, 4.69) is 37.9 Å². The van der Waals surface area contributed by atoms with Crippen LogP contribution in [-0.4, -0.2) is 20.7 Å². The van der Waals surface area contributed by atoms with Gasteiger partial charge in [0.05, 0.1) is 12.8 Å². The van der Waals surface area contributed by atoms with Gasteiger partial charge >= 0.3 is 0 Å². The molecule has 0 aliphatic carbocycles. The van der Waals surface area contributed by atoms with Crippen molar-refractivity contribution < 1.29 is 4.74 Å². The molecule has 0 aromatic heterocycles. The molecule has 0 unspecified atom stereocenters. The Morgan fingerprint density at radius 1 is 1.38 bits per heavy atom. The number of aryl methyl sites for hydroxylation is 1. The van der Waals surface area contributed by atoms with Gasteiger partial charge in [-0.15, -0.1) is 0 Å². The van der Waals surface area contributed by atoms with Gasteiger partial charge in [0, 0.05) is 13.6 Å². The summed E-state index contributed by atoms with van der Waals surface area (Å²) in [6.07, 6.45) is 0. The lowest BCUT2D eigenvalue weighted by Gasteiger charge is -2.20. The normalized spacial score (nSPS) is 9.85. The van der Waals surface area contributed by atoms with E-state index in [-0.39, 0.29) is 0 Å². The topological polar surface area (TPSA) is 12.5 Å². The third-order valence-corrected chi connectivity index (χ3v) is 2.22. The molecular formula is C11H17NO. The largest absolute Gasteiger partial charge is 0.495 e. The van der Waals surface area contributed by atoms with Crippen molar-refractivity contribution in [2.45, 2.75) is 13.8 Å². The Kier molecular flexibility index (Phi) is 3.18. The molecule has 0 heterocycles. The summed E-state index contributed by atoms with van der Waals surface area (Å²) in [4.78, 5) is 2.17. The fourth-order valence-electron chi connectivity index (χ4n) is 1.27. The van der Waals surface area contributed by atoms with Gasteiger partial charge in [-0.25, -0.2) is 0 Å². The van der Waals surface area contributed by atoms with Crippen molar-refractivity contribution in [3.8, 4) is 5.75 Å². The second-order valence-corrected chi connectivity index (χ2v) is 3.19. The number of ether oxygens (including phenoxy) is 1. The number of hydrogen-bond acceptors (Lipinski definition) is 2. The van der Waals surface area contributed by atoms with E-state index in [1.807, 2.05) is 6.07 Å². The van der Waals surface area contributed by atoms with Crippen molar-refractivity contribution in [3.05, 3.63) is 23.8 Å². The molecule has 0 saturated carbocycles. The molecule has 13 heavy (non-hydrogen) atoms. The molecule has 0 aliphatic rings. The molecule has 1 rings (SSSR count). The average molecular weight is 179 g/mol. The summed E-state index contributed by atoms with van der Waals surface area (Å²) in [5.41, 5.74) is 2.42. The maximum atomic E-state index is 5.28. The minimum atomic E-state index is 0.940. The molecule has 72 valence electrons. The molecule has 0 amide bonds. The Bertz CT molecular complexity index is 283. The molecule has 0 aliphatic heterocycles. The molecule has 0 N–H and O–H groups in total. The van der Waals surface area contributed by atoms with Crippen molar-refractivity contribution in [2.24, 2.45) is 0 Å². The zero-order valence-electron chi connectivity index (χ0n) is 8.79. The summed E-state index contributed by atoms with van der Waals surface area (Å²) < 4.78 is 5.28. The number of methoxy groups -OCH3 is 1. The van der Waals surface area contributed by atoms with Crippen LogP contribution < -0.4 is 9.64 Å². The van der Waals surface area contributed by atoms with E-state index in [0.717, 1.165) is 18.0 Å². The molecule has 0 radical (unpaired) electrons. The van der Waals surface area contributed by atoms with Gasteiger partial charge < -0.3 is 9.64 Å². The van der Waals surface area contributed by atoms with Crippen LogP contribution in [0.1, 0.15) is 12.5 Å². The van der Waals surface area contributed by atoms with Gasteiger partial charge in [0.2, 0.25) is 0 Å². The average Bonchev–Trinajstić information content (AvgIpc) is 2.16. The van der Waals surface area contributed by atoms with E-state index in [1.165, 1.54) is 5.56 Å². The molecule has 0 fully saturated rings. The van der Waals surface area contributed by atoms with Crippen molar-refractivity contribution in [2.75, 3.05) is 25.6 Å². The summed E-state index contributed by atoms with van der Waals surface area (Å²) in [7, 11) is 3.77. The first-order valence-corrected chi connectivity index (χ1v) is 4.54. The second kappa shape index (κ2) is 4.17. The minimum absolute atomic E-state index is 0.940. The summed E-state index contributed by atoms with van der Waals surface area (Å²) in [5, 5.41) is 0. The number of nitrogens with zero attached hydrogens (tertiary/aromatic N) is 1. The van der Waals surface area contributed by atoms with Crippen LogP contribution in [-0.2, 0) is 0 Å². The molecular weight excluding hydrogens is 162 g/mol. The first kappa shape index (κ1) is 9.90. The Morgan fingerprint density at radius 3 is 2.62 bits per heavy atom. The highest BCUT2D eigenvalue weighted by molar-refractivity contribution is 5.59. The van der Waals surface area contributed by atoms with Gasteiger partial charge in [-0.05, 0) is 31.5 Å². The molecule has 1 aromatic carbocycles. The van der Waals surface area contributed by atoms with E-state index >= 15 is 0 Å². The predicted octanol–water partition coefficient (Wildman–Crippen LogP) is 2.46. The van der Waals surface area contributed by atoms with Crippen molar-refractivity contribution in [3.63, 3.8) is 0 Å². The number of benzene rings is 1. The highest BCUT2D eigenvalue weighted by atomic mass is 16.5. The Morgan fingerprint density at radius 2 is 2.08 bits per heavy atom. The molecule has 0 saturated heterocycles. The van der Waals surface area contributed by atoms with Gasteiger partial charge in [0.1, 0.15) is 5.75 Å². The Hall–Kier alpha value is -1.18. The van der Waals surface area contributed by atoms with Crippen LogP contribution in [0.3, 0.4) is 0 Å². The van der Waals surface area contributed by atoms with Crippen LogP contribution in [0.15, 0.2) is 18.2 Å². The second-order valence-electron chi connectivity index (χ2n) is 3.19. The molecule has 0 spiro atoms. The van der Waals surface area contributed by atoms with E-state index < -0.39 is 0 Å². The van der Waals surface area contributed by atoms with Crippen LogP contribution in [0.4, 0.5) is 5.69 Å². The summed E-state index contributed by atoms with van der Waals surface area (Å²) in [5.74, 6) is 0.940. The summed E-state index contributed by atoms with van der Waals surface area (Å²) in [6.45, 7) is 5.20. The minimum Gasteiger partial charge on any atom is -0.495 e. The highest BCUT2D eigenvalue weighted by Gasteiger charge is 2.05. The maximum absolute atomic E-state index is 5.28. The van der Waals surface area contributed by atoms with E-state index in [1.54, 1.807) is 7.11 Å². The van der Waals surface area contributed by atoms with E-state index in [9.17, 15) is 0 Å². The Balaban J connectivity index is 3.07. The lowest BCUT2D eigenvalue weighted by molar-refractivity contribution is 0.415. The van der Waals surface area contributed by atoms with Crippen molar-refractivity contribution in [1.82, 2.24) is 0 Å². The van der Waals surface area contributed by atoms with Gasteiger partial charge in [-0.1, -0.05) is 6.07 Å². The van der Waals surface area contributed by atoms with Crippen LogP contribution in [0.2, 0.25) is 0 Å². The monoisotopic (exact) mass is 179 g/mol. The fraction of sp³-hybridized carbons (Fsp3) is 0.455. The summed E-state index contributed by atoms with van der Waals surface area (Å²) in [6, 6.07) is 6.21. The Labute approximate surface area is 80.1 Å². The summed E-state index contributed by atoms with van der Waals surface area (Å²) >= 11 is 0. The van der Waals surface area contributed by atoms with Gasteiger partial charge in [-0.2, -0.15) is 0 Å². The van der Waals surface area contributed by atoms with Crippen LogP contribution >= 0.6 is 0 Å². The molecule has 2 nitrogen and oxygen atoms in total. The van der Waals surface area contributed by atoms with Crippen LogP contribution in [0.5, 0.6) is 5.75 Å². The van der Waals surface area contributed by atoms with Crippen molar-refractivity contribution >= 4 is 5.69 Å². The molecule has 1 aromatic rings. The molecule has 0 atom stereocenters. The smallest absolute Gasteiger partial charge is 0.142 e. The van der Waals surface area contributed by atoms with Gasteiger partial charge in [0.15, 0.2) is 0 Å². The highest BCUT2D eigenvalue weighted by Crippen LogP contribution is 2.27. The first-order chi connectivity index (χ1) is 6.19. The number of anilines is 1. The third-order valence-electron chi connectivity index (χ3n) is 2.22. The lowest BCUT2D eigenvalue weighted by Crippen LogP contribution is -2.16. The lowest BCUT2D eigenvalue weighted by atomic mass is 10.2. The zero-order chi connectivity index (χ0) is 9.84. The van der Waals surface area contributed by atoms with E-state index in [0.29, 0.717) is 0 Å². The number of rotatable bonds is 3.